The Morgan fingerprint density at radius 1 is 1.12 bits per heavy atom. The number of carbonyl (C=O) groups excluding carboxylic acids is 2. The molecule has 2 aromatic rings. The first-order valence-corrected chi connectivity index (χ1v) is 11.1. The molecule has 0 aromatic heterocycles. The van der Waals surface area contributed by atoms with Crippen LogP contribution in [0.25, 0.3) is 11.1 Å². The molecule has 4 rings (SSSR count). The van der Waals surface area contributed by atoms with E-state index in [-0.39, 0.29) is 24.9 Å². The van der Waals surface area contributed by atoms with Gasteiger partial charge in [0.25, 0.3) is 0 Å². The molecule has 172 valence electrons. The van der Waals surface area contributed by atoms with Gasteiger partial charge in [-0.3, -0.25) is 4.79 Å². The van der Waals surface area contributed by atoms with Crippen LogP contribution in [-0.4, -0.2) is 41.3 Å². The van der Waals surface area contributed by atoms with Crippen molar-refractivity contribution >= 4 is 18.0 Å². The van der Waals surface area contributed by atoms with Crippen molar-refractivity contribution in [3.63, 3.8) is 0 Å². The van der Waals surface area contributed by atoms with E-state index in [9.17, 15) is 19.5 Å². The summed E-state index contributed by atoms with van der Waals surface area (Å²) >= 11 is 0. The van der Waals surface area contributed by atoms with Crippen molar-refractivity contribution in [3.8, 4) is 11.1 Å². The van der Waals surface area contributed by atoms with Gasteiger partial charge in [0.15, 0.2) is 0 Å². The second kappa shape index (κ2) is 9.10. The van der Waals surface area contributed by atoms with Gasteiger partial charge in [-0.05, 0) is 54.4 Å². The number of aliphatic carboxylic acids is 1. The second-order valence-corrected chi connectivity index (χ2v) is 8.82. The number of alkyl carbamates (subject to hydrolysis) is 1. The molecule has 1 fully saturated rings. The molecule has 2 unspecified atom stereocenters. The van der Waals surface area contributed by atoms with Crippen LogP contribution in [0.3, 0.4) is 0 Å². The molecule has 2 aromatic carbocycles. The SMILES string of the molecule is C=CCC(NC(=O)OCC1c2ccccc2-c2ccccc21)C(=O)NC(C)(C(=O)O)C1CC1. The van der Waals surface area contributed by atoms with E-state index in [0.29, 0.717) is 0 Å². The third kappa shape index (κ3) is 4.49. The normalized spacial score (nSPS) is 17.1. The van der Waals surface area contributed by atoms with E-state index in [2.05, 4.69) is 29.3 Å². The van der Waals surface area contributed by atoms with Crippen molar-refractivity contribution in [2.24, 2.45) is 5.92 Å². The quantitative estimate of drug-likeness (QED) is 0.506. The summed E-state index contributed by atoms with van der Waals surface area (Å²) in [5.41, 5.74) is 3.07. The minimum atomic E-state index is -1.36. The van der Waals surface area contributed by atoms with Crippen molar-refractivity contribution in [1.29, 1.82) is 0 Å². The summed E-state index contributed by atoms with van der Waals surface area (Å²) in [7, 11) is 0. The van der Waals surface area contributed by atoms with Gasteiger partial charge in [-0.1, -0.05) is 54.6 Å². The molecule has 1 saturated carbocycles. The molecule has 0 saturated heterocycles. The Bertz CT molecular complexity index is 1050. The molecule has 2 aliphatic carbocycles. The Morgan fingerprint density at radius 3 is 2.21 bits per heavy atom. The van der Waals surface area contributed by atoms with E-state index < -0.39 is 29.6 Å². The zero-order valence-corrected chi connectivity index (χ0v) is 18.5. The van der Waals surface area contributed by atoms with Gasteiger partial charge in [-0.25, -0.2) is 9.59 Å². The highest BCUT2D eigenvalue weighted by Crippen LogP contribution is 2.44. The van der Waals surface area contributed by atoms with Crippen LogP contribution in [0, 0.1) is 5.92 Å². The van der Waals surface area contributed by atoms with Gasteiger partial charge in [-0.2, -0.15) is 0 Å². The number of carbonyl (C=O) groups is 3. The summed E-state index contributed by atoms with van der Waals surface area (Å²) in [6.07, 6.45) is 2.41. The molecule has 0 spiro atoms. The van der Waals surface area contributed by atoms with Crippen LogP contribution in [0.15, 0.2) is 61.2 Å². The molecule has 33 heavy (non-hydrogen) atoms. The number of carboxylic acids is 1. The highest BCUT2D eigenvalue weighted by molar-refractivity contribution is 5.91. The zero-order chi connectivity index (χ0) is 23.6. The standard InChI is InChI=1S/C26H28N2O5/c1-3-8-22(23(29)28-26(2,24(30)31)16-13-14-16)27-25(32)33-15-21-19-11-6-4-9-17(19)18-10-5-7-12-20(18)21/h3-7,9-12,16,21-22H,1,8,13-15H2,2H3,(H,27,32)(H,28,29)(H,30,31). The largest absolute Gasteiger partial charge is 0.480 e. The predicted octanol–water partition coefficient (Wildman–Crippen LogP) is 3.84. The number of rotatable bonds is 9. The van der Waals surface area contributed by atoms with Gasteiger partial charge in [0.1, 0.15) is 18.2 Å². The molecule has 7 heteroatoms. The van der Waals surface area contributed by atoms with Crippen LogP contribution < -0.4 is 10.6 Å². The summed E-state index contributed by atoms with van der Waals surface area (Å²) < 4.78 is 5.52. The number of fused-ring (bicyclic) bond motifs is 3. The van der Waals surface area contributed by atoms with E-state index in [1.165, 1.54) is 13.0 Å². The first-order valence-electron chi connectivity index (χ1n) is 11.1. The topological polar surface area (TPSA) is 105 Å². The molecule has 7 nitrogen and oxygen atoms in total. The Kier molecular flexibility index (Phi) is 6.22. The number of hydrogen-bond acceptors (Lipinski definition) is 4. The van der Waals surface area contributed by atoms with Crippen molar-refractivity contribution in [2.45, 2.75) is 43.7 Å². The van der Waals surface area contributed by atoms with Crippen molar-refractivity contribution in [3.05, 3.63) is 72.3 Å². The average Bonchev–Trinajstić information content (AvgIpc) is 3.61. The predicted molar refractivity (Wildman–Crippen MR) is 124 cm³/mol. The third-order valence-corrected chi connectivity index (χ3v) is 6.58. The highest BCUT2D eigenvalue weighted by atomic mass is 16.5. The monoisotopic (exact) mass is 448 g/mol. The molecule has 0 aliphatic heterocycles. The van der Waals surface area contributed by atoms with Gasteiger partial charge in [0.2, 0.25) is 5.91 Å². The van der Waals surface area contributed by atoms with E-state index in [4.69, 9.17) is 4.74 Å². The number of benzene rings is 2. The fourth-order valence-corrected chi connectivity index (χ4v) is 4.51. The van der Waals surface area contributed by atoms with Crippen molar-refractivity contribution < 1.29 is 24.2 Å². The summed E-state index contributed by atoms with van der Waals surface area (Å²) in [5.74, 6) is -1.87. The molecule has 0 heterocycles. The van der Waals surface area contributed by atoms with E-state index in [1.54, 1.807) is 0 Å². The lowest BCUT2D eigenvalue weighted by molar-refractivity contribution is -0.148. The Labute approximate surface area is 192 Å². The van der Waals surface area contributed by atoms with Gasteiger partial charge >= 0.3 is 12.1 Å². The molecular formula is C26H28N2O5. The minimum Gasteiger partial charge on any atom is -0.480 e. The maximum absolute atomic E-state index is 12.8. The summed E-state index contributed by atoms with van der Waals surface area (Å²) in [6, 6.07) is 15.1. The fraction of sp³-hybridized carbons (Fsp3) is 0.346. The smallest absolute Gasteiger partial charge is 0.407 e. The highest BCUT2D eigenvalue weighted by Gasteiger charge is 2.49. The molecule has 2 atom stereocenters. The first-order chi connectivity index (χ1) is 15.8. The number of nitrogens with one attached hydrogen (secondary N) is 2. The number of ether oxygens (including phenoxy) is 1. The lowest BCUT2D eigenvalue weighted by Crippen LogP contribution is -2.59. The van der Waals surface area contributed by atoms with E-state index in [1.807, 2.05) is 36.4 Å². The van der Waals surface area contributed by atoms with Crippen LogP contribution in [0.2, 0.25) is 0 Å². The fourth-order valence-electron chi connectivity index (χ4n) is 4.51. The van der Waals surface area contributed by atoms with E-state index >= 15 is 0 Å². The average molecular weight is 449 g/mol. The van der Waals surface area contributed by atoms with Gasteiger partial charge in [-0.15, -0.1) is 6.58 Å². The van der Waals surface area contributed by atoms with Crippen LogP contribution in [-0.2, 0) is 14.3 Å². The van der Waals surface area contributed by atoms with E-state index in [0.717, 1.165) is 35.1 Å². The number of hydrogen-bond donors (Lipinski definition) is 3. The molecule has 3 N–H and O–H groups in total. The van der Waals surface area contributed by atoms with Crippen LogP contribution in [0.4, 0.5) is 4.79 Å². The Balaban J connectivity index is 1.41. The number of carboxylic acid groups (broad SMARTS) is 1. The van der Waals surface area contributed by atoms with Gasteiger partial charge < -0.3 is 20.5 Å². The number of amides is 2. The lowest BCUT2D eigenvalue weighted by Gasteiger charge is -2.28. The summed E-state index contributed by atoms with van der Waals surface area (Å²) in [5, 5.41) is 14.8. The summed E-state index contributed by atoms with van der Waals surface area (Å²) in [4.78, 5) is 37.2. The summed E-state index contributed by atoms with van der Waals surface area (Å²) in [6.45, 7) is 5.27. The molecular weight excluding hydrogens is 420 g/mol. The minimum absolute atomic E-state index is 0.0972. The van der Waals surface area contributed by atoms with Crippen LogP contribution in [0.1, 0.15) is 43.2 Å². The zero-order valence-electron chi connectivity index (χ0n) is 18.5. The molecule has 2 aliphatic rings. The third-order valence-electron chi connectivity index (χ3n) is 6.58. The van der Waals surface area contributed by atoms with Crippen LogP contribution >= 0.6 is 0 Å². The van der Waals surface area contributed by atoms with Crippen molar-refractivity contribution in [1.82, 2.24) is 10.6 Å². The Hall–Kier alpha value is -3.61. The van der Waals surface area contributed by atoms with Crippen molar-refractivity contribution in [2.75, 3.05) is 6.61 Å². The molecule has 0 bridgehead atoms. The molecule has 0 radical (unpaired) electrons. The first kappa shape index (κ1) is 22.6. The maximum atomic E-state index is 12.8. The second-order valence-electron chi connectivity index (χ2n) is 8.82. The lowest BCUT2D eigenvalue weighted by atomic mass is 9.95. The molecule has 2 amide bonds. The van der Waals surface area contributed by atoms with Gasteiger partial charge in [0.05, 0.1) is 0 Å². The van der Waals surface area contributed by atoms with Gasteiger partial charge in [0, 0.05) is 5.92 Å². The van der Waals surface area contributed by atoms with Crippen LogP contribution in [0.5, 0.6) is 0 Å². The Morgan fingerprint density at radius 2 is 1.70 bits per heavy atom. The maximum Gasteiger partial charge on any atom is 0.407 e.